The third-order valence-corrected chi connectivity index (χ3v) is 3.13. The Hall–Kier alpha value is -2.26. The summed E-state index contributed by atoms with van der Waals surface area (Å²) in [7, 11) is 0. The molecule has 0 saturated carbocycles. The van der Waals surface area contributed by atoms with Gasteiger partial charge in [0.25, 0.3) is 0 Å². The van der Waals surface area contributed by atoms with Gasteiger partial charge in [0, 0.05) is 11.1 Å². The largest absolute Gasteiger partial charge is 0.352 e. The SMILES string of the molecule is O=C(c1ccccc1)[C@@H]1O[C@H]1C(=O)c1ccccc1. The second kappa shape index (κ2) is 4.78. The lowest BCUT2D eigenvalue weighted by Gasteiger charge is -1.97. The molecule has 2 atom stereocenters. The minimum Gasteiger partial charge on any atom is -0.352 e. The van der Waals surface area contributed by atoms with Crippen LogP contribution in [0.25, 0.3) is 0 Å². The number of carbonyl (C=O) groups excluding carboxylic acids is 2. The first-order valence-electron chi connectivity index (χ1n) is 6.11. The van der Waals surface area contributed by atoms with Gasteiger partial charge in [0.05, 0.1) is 0 Å². The minimum absolute atomic E-state index is 0.130. The molecule has 0 radical (unpaired) electrons. The Balaban J connectivity index is 1.72. The highest BCUT2D eigenvalue weighted by Gasteiger charge is 2.50. The Morgan fingerprint density at radius 3 is 1.42 bits per heavy atom. The molecule has 1 fully saturated rings. The second-order valence-corrected chi connectivity index (χ2v) is 4.44. The lowest BCUT2D eigenvalue weighted by molar-refractivity contribution is 0.0948. The van der Waals surface area contributed by atoms with Gasteiger partial charge in [-0.1, -0.05) is 60.7 Å². The topological polar surface area (TPSA) is 46.7 Å². The van der Waals surface area contributed by atoms with E-state index in [9.17, 15) is 9.59 Å². The van der Waals surface area contributed by atoms with Crippen molar-refractivity contribution in [1.82, 2.24) is 0 Å². The molecule has 3 nitrogen and oxygen atoms in total. The molecule has 0 aromatic heterocycles. The zero-order chi connectivity index (χ0) is 13.2. The van der Waals surface area contributed by atoms with E-state index in [-0.39, 0.29) is 11.6 Å². The van der Waals surface area contributed by atoms with Gasteiger partial charge < -0.3 is 4.74 Å². The molecule has 0 aliphatic carbocycles. The van der Waals surface area contributed by atoms with Crippen LogP contribution in [0.3, 0.4) is 0 Å². The van der Waals surface area contributed by atoms with Crippen LogP contribution >= 0.6 is 0 Å². The highest BCUT2D eigenvalue weighted by atomic mass is 16.6. The van der Waals surface area contributed by atoms with Crippen LogP contribution in [0, 0.1) is 0 Å². The number of hydrogen-bond acceptors (Lipinski definition) is 3. The lowest BCUT2D eigenvalue weighted by atomic mass is 10.0. The third-order valence-electron chi connectivity index (χ3n) is 3.13. The van der Waals surface area contributed by atoms with Gasteiger partial charge in [0.15, 0.2) is 23.8 Å². The summed E-state index contributed by atoms with van der Waals surface area (Å²) in [5.74, 6) is -0.259. The molecule has 1 saturated heterocycles. The molecular formula is C16H12O3. The van der Waals surface area contributed by atoms with Crippen molar-refractivity contribution in [3.63, 3.8) is 0 Å². The van der Waals surface area contributed by atoms with E-state index in [4.69, 9.17) is 4.74 Å². The third kappa shape index (κ3) is 2.33. The van der Waals surface area contributed by atoms with Crippen LogP contribution < -0.4 is 0 Å². The van der Waals surface area contributed by atoms with Crippen molar-refractivity contribution in [2.45, 2.75) is 12.2 Å². The predicted octanol–water partition coefficient (Wildman–Crippen LogP) is 2.52. The van der Waals surface area contributed by atoms with Gasteiger partial charge in [0.2, 0.25) is 0 Å². The number of ether oxygens (including phenoxy) is 1. The van der Waals surface area contributed by atoms with E-state index in [0.717, 1.165) is 0 Å². The molecule has 94 valence electrons. The van der Waals surface area contributed by atoms with Crippen molar-refractivity contribution < 1.29 is 14.3 Å². The molecule has 0 spiro atoms. The van der Waals surface area contributed by atoms with Gasteiger partial charge in [-0.2, -0.15) is 0 Å². The highest BCUT2D eigenvalue weighted by Crippen LogP contribution is 2.29. The van der Waals surface area contributed by atoms with E-state index >= 15 is 0 Å². The second-order valence-electron chi connectivity index (χ2n) is 4.44. The smallest absolute Gasteiger partial charge is 0.194 e. The fourth-order valence-corrected chi connectivity index (χ4v) is 2.04. The predicted molar refractivity (Wildman–Crippen MR) is 70.2 cm³/mol. The maximum atomic E-state index is 12.1. The van der Waals surface area contributed by atoms with E-state index in [1.54, 1.807) is 48.5 Å². The minimum atomic E-state index is -0.630. The van der Waals surface area contributed by atoms with Gasteiger partial charge in [-0.25, -0.2) is 0 Å². The Morgan fingerprint density at radius 1 is 0.684 bits per heavy atom. The molecule has 0 unspecified atom stereocenters. The summed E-state index contributed by atoms with van der Waals surface area (Å²) in [5.41, 5.74) is 1.16. The number of Topliss-reactive ketones (excluding diaryl/α,β-unsaturated/α-hetero) is 2. The van der Waals surface area contributed by atoms with Crippen molar-refractivity contribution in [3.8, 4) is 0 Å². The number of carbonyl (C=O) groups is 2. The number of benzene rings is 2. The van der Waals surface area contributed by atoms with E-state index < -0.39 is 12.2 Å². The maximum absolute atomic E-state index is 12.1. The van der Waals surface area contributed by atoms with Crippen molar-refractivity contribution >= 4 is 11.6 Å². The van der Waals surface area contributed by atoms with Gasteiger partial charge in [-0.05, 0) is 0 Å². The maximum Gasteiger partial charge on any atom is 0.194 e. The number of epoxide rings is 1. The molecule has 3 heteroatoms. The summed E-state index contributed by atoms with van der Waals surface area (Å²) in [6.07, 6.45) is -1.26. The van der Waals surface area contributed by atoms with Crippen molar-refractivity contribution in [2.24, 2.45) is 0 Å². The first-order valence-corrected chi connectivity index (χ1v) is 6.11. The van der Waals surface area contributed by atoms with Crippen LogP contribution in [0.5, 0.6) is 0 Å². The molecule has 1 aliphatic rings. The Bertz CT molecular complexity index is 549. The van der Waals surface area contributed by atoms with Crippen molar-refractivity contribution in [3.05, 3.63) is 71.8 Å². The summed E-state index contributed by atoms with van der Waals surface area (Å²) >= 11 is 0. The highest BCUT2D eigenvalue weighted by molar-refractivity contribution is 6.10. The average molecular weight is 252 g/mol. The molecule has 1 heterocycles. The molecule has 0 N–H and O–H groups in total. The number of ketones is 2. The van der Waals surface area contributed by atoms with E-state index in [0.29, 0.717) is 11.1 Å². The van der Waals surface area contributed by atoms with Crippen LogP contribution in [0.4, 0.5) is 0 Å². The molecule has 0 amide bonds. The molecule has 0 bridgehead atoms. The van der Waals surface area contributed by atoms with Crippen LogP contribution in [-0.4, -0.2) is 23.8 Å². The van der Waals surface area contributed by atoms with Crippen LogP contribution in [0.2, 0.25) is 0 Å². The van der Waals surface area contributed by atoms with Crippen LogP contribution in [0.15, 0.2) is 60.7 Å². The molecule has 3 rings (SSSR count). The molecule has 19 heavy (non-hydrogen) atoms. The first-order chi connectivity index (χ1) is 9.27. The standard InChI is InChI=1S/C16H12O3/c17-13(11-7-3-1-4-8-11)15-16(19-15)14(18)12-9-5-2-6-10-12/h1-10,15-16H/t15-,16-/m0/s1. The lowest BCUT2D eigenvalue weighted by Crippen LogP contribution is -2.16. The fraction of sp³-hybridized carbons (Fsp3) is 0.125. The monoisotopic (exact) mass is 252 g/mol. The quantitative estimate of drug-likeness (QED) is 0.620. The normalized spacial score (nSPS) is 20.8. The van der Waals surface area contributed by atoms with Crippen LogP contribution in [-0.2, 0) is 4.74 Å². The summed E-state index contributed by atoms with van der Waals surface area (Å²) in [6.45, 7) is 0. The van der Waals surface area contributed by atoms with E-state index in [2.05, 4.69) is 0 Å². The van der Waals surface area contributed by atoms with Gasteiger partial charge in [0.1, 0.15) is 0 Å². The average Bonchev–Trinajstić information content (AvgIpc) is 3.28. The van der Waals surface area contributed by atoms with Crippen molar-refractivity contribution in [2.75, 3.05) is 0 Å². The molecule has 1 aliphatic heterocycles. The Kier molecular flexibility index (Phi) is 2.97. The molecule has 2 aromatic rings. The summed E-state index contributed by atoms with van der Waals surface area (Å²) in [5, 5.41) is 0. The van der Waals surface area contributed by atoms with E-state index in [1.807, 2.05) is 12.1 Å². The molecule has 2 aromatic carbocycles. The number of rotatable bonds is 4. The van der Waals surface area contributed by atoms with Gasteiger partial charge in [-0.3, -0.25) is 9.59 Å². The summed E-state index contributed by atoms with van der Waals surface area (Å²) in [6, 6.07) is 17.8. The zero-order valence-corrected chi connectivity index (χ0v) is 10.2. The van der Waals surface area contributed by atoms with Gasteiger partial charge >= 0.3 is 0 Å². The van der Waals surface area contributed by atoms with Crippen LogP contribution in [0.1, 0.15) is 20.7 Å². The first kappa shape index (κ1) is 11.8. The van der Waals surface area contributed by atoms with Crippen molar-refractivity contribution in [1.29, 1.82) is 0 Å². The number of hydrogen-bond donors (Lipinski definition) is 0. The van der Waals surface area contributed by atoms with Gasteiger partial charge in [-0.15, -0.1) is 0 Å². The van der Waals surface area contributed by atoms with E-state index in [1.165, 1.54) is 0 Å². The Labute approximate surface area is 110 Å². The summed E-state index contributed by atoms with van der Waals surface area (Å²) in [4.78, 5) is 24.2. The Morgan fingerprint density at radius 2 is 1.05 bits per heavy atom. The summed E-state index contributed by atoms with van der Waals surface area (Å²) < 4.78 is 5.25. The zero-order valence-electron chi connectivity index (χ0n) is 10.2. The fourth-order valence-electron chi connectivity index (χ4n) is 2.04. The molecular weight excluding hydrogens is 240 g/mol.